The maximum Gasteiger partial charge on any atom is 3.00 e. The van der Waals surface area contributed by atoms with Gasteiger partial charge in [-0.05, 0) is 31.0 Å². The van der Waals surface area contributed by atoms with Gasteiger partial charge >= 0.3 is 57.8 Å². The Labute approximate surface area is 329 Å². The van der Waals surface area contributed by atoms with Gasteiger partial charge in [-0.25, -0.2) is 0 Å². The summed E-state index contributed by atoms with van der Waals surface area (Å²) in [6, 6.07) is 9.20. The second kappa shape index (κ2) is 20.8. The number of benzene rings is 1. The molecular formula is C34H48GdN7O9+2. The minimum absolute atomic E-state index is 0. The molecule has 0 aliphatic carbocycles. The van der Waals surface area contributed by atoms with Crippen LogP contribution in [0.3, 0.4) is 0 Å². The smallest absolute Gasteiger partial charge is 0.549 e. The minimum atomic E-state index is -1.32. The van der Waals surface area contributed by atoms with Crippen molar-refractivity contribution < 1.29 is 84.3 Å². The molecule has 16 nitrogen and oxygen atoms in total. The van der Waals surface area contributed by atoms with Gasteiger partial charge in [0.15, 0.2) is 0 Å². The van der Waals surface area contributed by atoms with Gasteiger partial charge in [-0.3, -0.25) is 43.8 Å². The third kappa shape index (κ3) is 13.5. The van der Waals surface area contributed by atoms with Gasteiger partial charge in [-0.2, -0.15) is 0 Å². The van der Waals surface area contributed by atoms with E-state index >= 15 is 0 Å². The Morgan fingerprint density at radius 1 is 0.745 bits per heavy atom. The molecule has 0 spiro atoms. The van der Waals surface area contributed by atoms with E-state index in [1.54, 1.807) is 24.5 Å². The molecular weight excluding hydrogens is 808 g/mol. The molecule has 1 aromatic heterocycles. The third-order valence-electron chi connectivity index (χ3n) is 9.39. The van der Waals surface area contributed by atoms with Gasteiger partial charge in [0.1, 0.15) is 6.04 Å². The van der Waals surface area contributed by atoms with Gasteiger partial charge in [-0.15, -0.1) is 0 Å². The number of piperazine rings is 1. The van der Waals surface area contributed by atoms with Crippen molar-refractivity contribution in [2.75, 3.05) is 103 Å². The number of carboxylic acid groups (broad SMARTS) is 4. The fraction of sp³-hybridized carbons (Fsp3) is 0.588. The van der Waals surface area contributed by atoms with Crippen molar-refractivity contribution in [2.45, 2.75) is 32.2 Å². The van der Waals surface area contributed by atoms with Crippen LogP contribution in [-0.4, -0.2) is 179 Å². The van der Waals surface area contributed by atoms with Gasteiger partial charge in [0.2, 0.25) is 5.91 Å². The number of rotatable bonds is 13. The number of aryl methyl sites for hydroxylation is 1. The maximum atomic E-state index is 13.3. The molecule has 0 bridgehead atoms. The number of fused-ring (bicyclic) bond motifs is 1. The number of carboxylic acids is 4. The number of aromatic nitrogens is 1. The zero-order chi connectivity index (χ0) is 36.2. The summed E-state index contributed by atoms with van der Waals surface area (Å²) in [5, 5.41) is 41.7. The predicted octanol–water partition coefficient (Wildman–Crippen LogP) is -1.18. The summed E-state index contributed by atoms with van der Waals surface area (Å²) in [6.45, 7) is 4.70. The summed E-state index contributed by atoms with van der Waals surface area (Å²) in [5.41, 5.74) is 2.98. The van der Waals surface area contributed by atoms with E-state index < -0.39 is 36.5 Å². The second-order valence-corrected chi connectivity index (χ2v) is 12.8. The molecule has 2 aliphatic rings. The number of hydrogen-bond donors (Lipinski definition) is 3. The largest absolute Gasteiger partial charge is 3.00 e. The van der Waals surface area contributed by atoms with Crippen molar-refractivity contribution in [3.63, 3.8) is 0 Å². The summed E-state index contributed by atoms with van der Waals surface area (Å²) in [7, 11) is 0. The minimum Gasteiger partial charge on any atom is -0.549 e. The van der Waals surface area contributed by atoms with E-state index in [4.69, 9.17) is 4.98 Å². The number of anilines is 1. The number of nitrogens with zero attached hydrogens (tertiary/aromatic N) is 7. The molecule has 1 amide bonds. The average Bonchev–Trinajstić information content (AvgIpc) is 3.07. The molecule has 1 aromatic carbocycles. The van der Waals surface area contributed by atoms with E-state index in [0.717, 1.165) is 28.7 Å². The van der Waals surface area contributed by atoms with Crippen molar-refractivity contribution in [2.24, 2.45) is 0 Å². The van der Waals surface area contributed by atoms with E-state index in [0.29, 0.717) is 26.2 Å². The number of hydrogen-bond acceptors (Lipinski definition) is 12. The van der Waals surface area contributed by atoms with E-state index in [1.165, 1.54) is 0 Å². The molecule has 2 saturated heterocycles. The van der Waals surface area contributed by atoms with Crippen LogP contribution in [0.15, 0.2) is 30.3 Å². The number of aliphatic carboxylic acids is 4. The molecule has 279 valence electrons. The van der Waals surface area contributed by atoms with Gasteiger partial charge in [0.05, 0.1) is 24.6 Å². The van der Waals surface area contributed by atoms with Gasteiger partial charge in [0, 0.05) is 108 Å². The first-order valence-electron chi connectivity index (χ1n) is 17.1. The Bertz CT molecular complexity index is 1480. The zero-order valence-corrected chi connectivity index (χ0v) is 31.2. The van der Waals surface area contributed by atoms with Crippen LogP contribution in [0.1, 0.15) is 25.5 Å². The van der Waals surface area contributed by atoms with Crippen LogP contribution < -0.4 is 10.0 Å². The molecule has 2 aromatic rings. The number of carbonyl (C=O) groups excluding carboxylic acids is 2. The first kappa shape index (κ1) is 42.4. The molecule has 17 heteroatoms. The number of pyridine rings is 1. The van der Waals surface area contributed by atoms with Crippen molar-refractivity contribution in [1.29, 1.82) is 0 Å². The van der Waals surface area contributed by atoms with Gasteiger partial charge < -0.3 is 35.0 Å². The predicted molar refractivity (Wildman–Crippen MR) is 182 cm³/mol. The van der Waals surface area contributed by atoms with E-state index in [-0.39, 0.29) is 124 Å². The van der Waals surface area contributed by atoms with Gasteiger partial charge in [0.25, 0.3) is 0 Å². The van der Waals surface area contributed by atoms with Crippen LogP contribution in [-0.2, 0) is 30.4 Å². The maximum absolute atomic E-state index is 13.3. The van der Waals surface area contributed by atoms with Crippen LogP contribution in [0, 0.1) is 39.9 Å². The topological polar surface area (TPSA) is 201 Å². The summed E-state index contributed by atoms with van der Waals surface area (Å²) >= 11 is 0. The molecule has 1 atom stereocenters. The monoisotopic (exact) mass is 856 g/mol. The SMILES string of the molecule is CCc1ccc2ccc(N3CCN(C(=O)CCC(C(=O)O)N4CCN(CC(=O)[O-])CCN(CC(=O)O)CCN(CC(=O)O)CC4)CC3)cc2n1.[Gd+3]. The second-order valence-electron chi connectivity index (χ2n) is 12.8. The molecule has 2 aliphatic heterocycles. The van der Waals surface area contributed by atoms with Gasteiger partial charge in [-0.1, -0.05) is 19.1 Å². The Hall–Kier alpha value is -3.06. The molecule has 1 radical (unpaired) electrons. The molecule has 3 N–H and O–H groups in total. The molecule has 0 saturated carbocycles. The molecule has 1 unspecified atom stereocenters. The fourth-order valence-electron chi connectivity index (χ4n) is 6.54. The summed E-state index contributed by atoms with van der Waals surface area (Å²) in [4.78, 5) is 75.6. The van der Waals surface area contributed by atoms with Crippen LogP contribution in [0.2, 0.25) is 0 Å². The quantitative estimate of drug-likeness (QED) is 0.217. The van der Waals surface area contributed by atoms with Crippen LogP contribution in [0.25, 0.3) is 10.9 Å². The standard InChI is InChI=1S/C34H49N7O9.Gd/c1-2-26-5-3-25-4-6-27(21-28(25)35-26)39-17-19-41(20-18-39)30(42)8-7-29(34(49)50)40-15-13-37(23-32(45)46)11-9-36(22-31(43)44)10-12-38(14-16-40)24-33(47)48;/h3-6,21,29H,2,7-20,22-24H2,1H3,(H,43,44)(H,45,46)(H,47,48)(H,49,50);/q;+3/p-1. The Morgan fingerprint density at radius 3 is 1.78 bits per heavy atom. The van der Waals surface area contributed by atoms with E-state index in [1.807, 2.05) is 12.1 Å². The Kier molecular flexibility index (Phi) is 17.3. The van der Waals surface area contributed by atoms with Crippen molar-refractivity contribution in [3.8, 4) is 0 Å². The van der Waals surface area contributed by atoms with E-state index in [2.05, 4.69) is 30.0 Å². The number of amides is 1. The zero-order valence-electron chi connectivity index (χ0n) is 29.0. The molecule has 51 heavy (non-hydrogen) atoms. The summed E-state index contributed by atoms with van der Waals surface area (Å²) < 4.78 is 0. The third-order valence-corrected chi connectivity index (χ3v) is 9.39. The van der Waals surface area contributed by atoms with Crippen LogP contribution in [0.5, 0.6) is 0 Å². The van der Waals surface area contributed by atoms with Crippen LogP contribution in [0.4, 0.5) is 5.69 Å². The molecule has 3 heterocycles. The van der Waals surface area contributed by atoms with Crippen LogP contribution >= 0.6 is 0 Å². The Morgan fingerprint density at radius 2 is 1.27 bits per heavy atom. The Balaban J connectivity index is 0.00000702. The summed E-state index contributed by atoms with van der Waals surface area (Å²) in [6.07, 6.45) is 0.871. The molecule has 2 fully saturated rings. The fourth-order valence-corrected chi connectivity index (χ4v) is 6.54. The molecule has 4 rings (SSSR count). The van der Waals surface area contributed by atoms with E-state index in [9.17, 15) is 44.4 Å². The van der Waals surface area contributed by atoms with Crippen molar-refractivity contribution in [3.05, 3.63) is 36.0 Å². The average molecular weight is 856 g/mol. The van der Waals surface area contributed by atoms with Crippen molar-refractivity contribution >= 4 is 46.4 Å². The van der Waals surface area contributed by atoms with Crippen molar-refractivity contribution in [1.82, 2.24) is 29.5 Å². The number of carbonyl (C=O) groups is 5. The first-order chi connectivity index (χ1) is 23.9. The first-order valence-corrected chi connectivity index (χ1v) is 17.1. The normalized spacial score (nSPS) is 18.3. The summed E-state index contributed by atoms with van der Waals surface area (Å²) in [5.74, 6) is -4.73.